The molecule has 0 aliphatic carbocycles. The average molecular weight is 516 g/mol. The maximum Gasteiger partial charge on any atom is 0.416 e. The van der Waals surface area contributed by atoms with Gasteiger partial charge in [0.1, 0.15) is 11.6 Å². The fourth-order valence-electron chi connectivity index (χ4n) is 5.27. The molecule has 1 saturated heterocycles. The first-order valence-corrected chi connectivity index (χ1v) is 12.1. The van der Waals surface area contributed by atoms with Gasteiger partial charge in [0.25, 0.3) is 0 Å². The zero-order valence-electron chi connectivity index (χ0n) is 19.9. The van der Waals surface area contributed by atoms with Crippen LogP contribution in [0, 0.1) is 17.6 Å². The minimum Gasteiger partial charge on any atom is -0.365 e. The van der Waals surface area contributed by atoms with Crippen LogP contribution in [0.2, 0.25) is 0 Å². The first-order valence-electron chi connectivity index (χ1n) is 12.1. The van der Waals surface area contributed by atoms with Gasteiger partial charge in [-0.05, 0) is 65.6 Å². The molecule has 3 aromatic rings. The number of nitrogens with one attached hydrogen (secondary N) is 1. The molecule has 9 heteroatoms. The van der Waals surface area contributed by atoms with Gasteiger partial charge >= 0.3 is 6.18 Å². The van der Waals surface area contributed by atoms with Crippen LogP contribution >= 0.6 is 0 Å². The molecule has 194 valence electrons. The maximum absolute atomic E-state index is 13.4. The van der Waals surface area contributed by atoms with E-state index in [4.69, 9.17) is 0 Å². The van der Waals surface area contributed by atoms with E-state index in [1.54, 1.807) is 24.3 Å². The zero-order valence-corrected chi connectivity index (χ0v) is 19.9. The lowest BCUT2D eigenvalue weighted by Gasteiger charge is -2.49. The monoisotopic (exact) mass is 515 g/mol. The largest absolute Gasteiger partial charge is 0.416 e. The second-order valence-corrected chi connectivity index (χ2v) is 9.62. The molecule has 2 heterocycles. The number of amides is 1. The fourth-order valence-corrected chi connectivity index (χ4v) is 5.27. The minimum absolute atomic E-state index is 0.181. The van der Waals surface area contributed by atoms with Gasteiger partial charge in [-0.25, -0.2) is 8.78 Å². The van der Waals surface area contributed by atoms with E-state index in [0.717, 1.165) is 28.9 Å². The van der Waals surface area contributed by atoms with E-state index in [9.17, 15) is 26.7 Å². The van der Waals surface area contributed by atoms with Crippen LogP contribution in [-0.4, -0.2) is 36.5 Å². The van der Waals surface area contributed by atoms with Crippen LogP contribution in [0.4, 0.5) is 27.6 Å². The number of rotatable bonds is 5. The number of halogens is 5. The molecule has 0 aromatic heterocycles. The summed E-state index contributed by atoms with van der Waals surface area (Å²) in [5.41, 5.74) is 2.16. The Hall–Kier alpha value is -3.46. The Labute approximate surface area is 211 Å². The van der Waals surface area contributed by atoms with E-state index < -0.39 is 17.7 Å². The summed E-state index contributed by atoms with van der Waals surface area (Å²) in [6, 6.07) is 15.6. The Kier molecular flexibility index (Phi) is 6.90. The topological polar surface area (TPSA) is 35.6 Å². The molecule has 0 radical (unpaired) electrons. The predicted molar refractivity (Wildman–Crippen MR) is 130 cm³/mol. The molecule has 2 aliphatic heterocycles. The highest BCUT2D eigenvalue weighted by Crippen LogP contribution is 2.40. The van der Waals surface area contributed by atoms with Crippen molar-refractivity contribution in [2.75, 3.05) is 24.5 Å². The molecule has 5 rings (SSSR count). The number of fused-ring (bicyclic) bond motifs is 3. The van der Waals surface area contributed by atoms with Gasteiger partial charge < -0.3 is 10.2 Å². The summed E-state index contributed by atoms with van der Waals surface area (Å²) in [5, 5.41) is 2.90. The number of carbonyl (C=O) groups is 1. The van der Waals surface area contributed by atoms with Crippen molar-refractivity contribution in [3.63, 3.8) is 0 Å². The molecular formula is C28H26F5N3O. The summed E-state index contributed by atoms with van der Waals surface area (Å²) < 4.78 is 66.8. The Balaban J connectivity index is 1.39. The second kappa shape index (κ2) is 10.1. The molecule has 1 N–H and O–H groups in total. The molecule has 0 unspecified atom stereocenters. The fraction of sp³-hybridized carbons (Fsp3) is 0.321. The van der Waals surface area contributed by atoms with Crippen LogP contribution < -0.4 is 10.2 Å². The van der Waals surface area contributed by atoms with Gasteiger partial charge in [0, 0.05) is 38.4 Å². The van der Waals surface area contributed by atoms with Crippen molar-refractivity contribution < 1.29 is 26.7 Å². The molecule has 37 heavy (non-hydrogen) atoms. The van der Waals surface area contributed by atoms with Crippen LogP contribution in [0.25, 0.3) is 0 Å². The van der Waals surface area contributed by atoms with E-state index in [2.05, 4.69) is 10.2 Å². The quantitative estimate of drug-likeness (QED) is 0.477. The Morgan fingerprint density at radius 1 is 0.892 bits per heavy atom. The maximum atomic E-state index is 13.4. The molecule has 0 bridgehead atoms. The lowest BCUT2D eigenvalue weighted by atomic mass is 9.82. The molecule has 2 atom stereocenters. The van der Waals surface area contributed by atoms with E-state index in [1.807, 2.05) is 4.90 Å². The van der Waals surface area contributed by atoms with E-state index in [1.165, 1.54) is 30.3 Å². The highest BCUT2D eigenvalue weighted by molar-refractivity contribution is 5.82. The highest BCUT2D eigenvalue weighted by Gasteiger charge is 2.42. The van der Waals surface area contributed by atoms with Crippen LogP contribution in [0.15, 0.2) is 66.7 Å². The summed E-state index contributed by atoms with van der Waals surface area (Å²) in [6.45, 7) is 2.50. The van der Waals surface area contributed by atoms with Gasteiger partial charge in [-0.1, -0.05) is 24.3 Å². The molecule has 3 aromatic carbocycles. The predicted octanol–water partition coefficient (Wildman–Crippen LogP) is 5.16. The van der Waals surface area contributed by atoms with Gasteiger partial charge in [0.2, 0.25) is 5.91 Å². The molecule has 2 aliphatic rings. The number of hydrogen-bond donors (Lipinski definition) is 1. The van der Waals surface area contributed by atoms with Gasteiger partial charge in [-0.3, -0.25) is 9.69 Å². The van der Waals surface area contributed by atoms with Crippen molar-refractivity contribution in [2.45, 2.75) is 31.7 Å². The number of hydrogen-bond acceptors (Lipinski definition) is 3. The normalized spacial score (nSPS) is 19.8. The van der Waals surface area contributed by atoms with Crippen molar-refractivity contribution in [3.8, 4) is 0 Å². The van der Waals surface area contributed by atoms with Gasteiger partial charge in [0.15, 0.2) is 0 Å². The van der Waals surface area contributed by atoms with Gasteiger partial charge in [-0.15, -0.1) is 0 Å². The molecule has 1 amide bonds. The van der Waals surface area contributed by atoms with Crippen molar-refractivity contribution in [1.29, 1.82) is 0 Å². The lowest BCUT2D eigenvalue weighted by molar-refractivity contribution is -0.137. The standard InChI is InChI=1S/C28H26F5N3O/c29-22-6-1-18(2-7-22)15-34-27(37)24-14-20-13-21(28(31,32)33)5-10-25(20)36-12-11-35(17-26(24)36)16-19-3-8-23(30)9-4-19/h1-10,13,24,26H,11-12,14-17H2,(H,34,37)/t24-,26-/m0/s1. The van der Waals surface area contributed by atoms with Gasteiger partial charge in [-0.2, -0.15) is 13.2 Å². The first-order chi connectivity index (χ1) is 17.7. The number of carbonyl (C=O) groups excluding carboxylic acids is 1. The summed E-state index contributed by atoms with van der Waals surface area (Å²) in [7, 11) is 0. The van der Waals surface area contributed by atoms with Crippen LogP contribution in [0.1, 0.15) is 22.3 Å². The summed E-state index contributed by atoms with van der Waals surface area (Å²) in [6.07, 6.45) is -4.29. The van der Waals surface area contributed by atoms with Gasteiger partial charge in [0.05, 0.1) is 17.5 Å². The summed E-state index contributed by atoms with van der Waals surface area (Å²) >= 11 is 0. The third-order valence-electron chi connectivity index (χ3n) is 7.16. The number of alkyl halides is 3. The van der Waals surface area contributed by atoms with Crippen LogP contribution in [-0.2, 0) is 30.5 Å². The van der Waals surface area contributed by atoms with Crippen LogP contribution in [0.3, 0.4) is 0 Å². The molecule has 0 saturated carbocycles. The first kappa shape index (κ1) is 25.2. The smallest absolute Gasteiger partial charge is 0.365 e. The Morgan fingerprint density at radius 3 is 2.19 bits per heavy atom. The molecule has 4 nitrogen and oxygen atoms in total. The third-order valence-corrected chi connectivity index (χ3v) is 7.16. The number of piperazine rings is 1. The third kappa shape index (κ3) is 5.61. The zero-order chi connectivity index (χ0) is 26.2. The highest BCUT2D eigenvalue weighted by atomic mass is 19.4. The van der Waals surface area contributed by atoms with E-state index >= 15 is 0 Å². The van der Waals surface area contributed by atoms with Crippen LogP contribution in [0.5, 0.6) is 0 Å². The molecule has 0 spiro atoms. The van der Waals surface area contributed by atoms with Crippen molar-refractivity contribution in [2.24, 2.45) is 5.92 Å². The van der Waals surface area contributed by atoms with E-state index in [-0.39, 0.29) is 36.5 Å². The summed E-state index contributed by atoms with van der Waals surface area (Å²) in [4.78, 5) is 17.6. The Bertz CT molecular complexity index is 1260. The average Bonchev–Trinajstić information content (AvgIpc) is 2.88. The minimum atomic E-state index is -4.47. The molecule has 1 fully saturated rings. The summed E-state index contributed by atoms with van der Waals surface area (Å²) in [5.74, 6) is -1.52. The lowest BCUT2D eigenvalue weighted by Crippen LogP contribution is -2.60. The van der Waals surface area contributed by atoms with Crippen molar-refractivity contribution in [1.82, 2.24) is 10.2 Å². The van der Waals surface area contributed by atoms with Crippen molar-refractivity contribution in [3.05, 3.63) is 101 Å². The van der Waals surface area contributed by atoms with E-state index in [0.29, 0.717) is 31.7 Å². The Morgan fingerprint density at radius 2 is 1.54 bits per heavy atom. The SMILES string of the molecule is O=C(NCc1ccc(F)cc1)[C@H]1Cc2cc(C(F)(F)F)ccc2N2CCN(Cc3ccc(F)cc3)C[C@@H]12. The molecular weight excluding hydrogens is 489 g/mol. The number of benzene rings is 3. The van der Waals surface area contributed by atoms with Crippen molar-refractivity contribution >= 4 is 11.6 Å². The second-order valence-electron chi connectivity index (χ2n) is 9.62. The number of nitrogens with zero attached hydrogens (tertiary/aromatic N) is 2. The number of anilines is 1.